The fourth-order valence-corrected chi connectivity index (χ4v) is 3.21. The monoisotopic (exact) mass is 396 g/mol. The first kappa shape index (κ1) is 19.9. The van der Waals surface area contributed by atoms with Crippen molar-refractivity contribution in [1.82, 2.24) is 0 Å². The molecule has 0 bridgehead atoms. The summed E-state index contributed by atoms with van der Waals surface area (Å²) < 4.78 is 27.8. The smallest absolute Gasteiger partial charge is 0.338 e. The summed E-state index contributed by atoms with van der Waals surface area (Å²) in [5.41, 5.74) is 2.45. The number of esters is 1. The Balaban J connectivity index is 2.05. The van der Waals surface area contributed by atoms with Crippen molar-refractivity contribution in [3.63, 3.8) is 0 Å². The van der Waals surface area contributed by atoms with Crippen molar-refractivity contribution in [2.45, 2.75) is 18.7 Å². The molecule has 2 aromatic carbocycles. The second-order valence-electron chi connectivity index (χ2n) is 5.56. The highest BCUT2D eigenvalue weighted by Crippen LogP contribution is 2.22. The minimum absolute atomic E-state index is 0.0852. The molecule has 0 aliphatic carbocycles. The molecule has 2 aromatic rings. The van der Waals surface area contributed by atoms with Crippen LogP contribution in [0.25, 0.3) is 0 Å². The first-order valence-electron chi connectivity index (χ1n) is 7.45. The van der Waals surface area contributed by atoms with Gasteiger partial charge in [-0.15, -0.1) is 0 Å². The number of sulfonamides is 1. The van der Waals surface area contributed by atoms with Crippen LogP contribution < -0.4 is 10.5 Å². The molecule has 0 atom stereocenters. The Labute approximate surface area is 156 Å². The number of rotatable bonds is 5. The third-order valence-corrected chi connectivity index (χ3v) is 5.08. The Morgan fingerprint density at radius 3 is 2.54 bits per heavy atom. The van der Waals surface area contributed by atoms with Crippen LogP contribution in [0.4, 0.5) is 5.69 Å². The Morgan fingerprint density at radius 2 is 1.88 bits per heavy atom. The Hall–Kier alpha value is -2.42. The van der Waals surface area contributed by atoms with Crippen molar-refractivity contribution >= 4 is 39.2 Å². The maximum absolute atomic E-state index is 12.0. The number of nitrogens with one attached hydrogen (secondary N) is 1. The normalized spacial score (nSPS) is 11.1. The van der Waals surface area contributed by atoms with Gasteiger partial charge in [0.2, 0.25) is 10.0 Å². The Morgan fingerprint density at radius 1 is 1.19 bits per heavy atom. The summed E-state index contributed by atoms with van der Waals surface area (Å²) in [7, 11) is -4.09. The molecule has 0 saturated heterocycles. The highest BCUT2D eigenvalue weighted by Gasteiger charge is 2.18. The average Bonchev–Trinajstić information content (AvgIpc) is 2.56. The van der Waals surface area contributed by atoms with Gasteiger partial charge in [0.15, 0.2) is 6.61 Å². The lowest BCUT2D eigenvalue weighted by Crippen LogP contribution is -2.21. The fourth-order valence-electron chi connectivity index (χ4n) is 2.14. The van der Waals surface area contributed by atoms with Crippen LogP contribution in [0, 0.1) is 13.8 Å². The van der Waals surface area contributed by atoms with Crippen LogP contribution >= 0.6 is 11.6 Å². The number of hydrogen-bond acceptors (Lipinski definition) is 5. The maximum atomic E-state index is 12.0. The average molecular weight is 397 g/mol. The summed E-state index contributed by atoms with van der Waals surface area (Å²) in [6.07, 6.45) is 0. The molecule has 9 heteroatoms. The highest BCUT2D eigenvalue weighted by atomic mass is 35.5. The van der Waals surface area contributed by atoms with Crippen molar-refractivity contribution in [2.24, 2.45) is 5.14 Å². The number of nitrogens with two attached hydrogens (primary N) is 1. The zero-order chi connectivity index (χ0) is 19.5. The first-order valence-corrected chi connectivity index (χ1v) is 9.37. The van der Waals surface area contributed by atoms with E-state index in [-0.39, 0.29) is 10.6 Å². The lowest BCUT2D eigenvalue weighted by Gasteiger charge is -2.11. The molecule has 0 aliphatic rings. The predicted octanol–water partition coefficient (Wildman–Crippen LogP) is 2.40. The molecule has 2 rings (SSSR count). The number of benzene rings is 2. The van der Waals surface area contributed by atoms with Crippen LogP contribution in [0.2, 0.25) is 5.02 Å². The van der Waals surface area contributed by atoms with Gasteiger partial charge in [0.05, 0.1) is 10.6 Å². The zero-order valence-electron chi connectivity index (χ0n) is 14.1. The molecule has 0 spiro atoms. The molecule has 0 fully saturated rings. The number of primary sulfonamides is 1. The SMILES string of the molecule is Cc1cccc(NC(=O)COC(=O)c2ccc(Cl)c(S(N)(=O)=O)c2)c1C. The van der Waals surface area contributed by atoms with Gasteiger partial charge in [-0.25, -0.2) is 18.4 Å². The number of halogens is 1. The van der Waals surface area contributed by atoms with E-state index >= 15 is 0 Å². The Bertz CT molecular complexity index is 973. The molecule has 138 valence electrons. The molecule has 26 heavy (non-hydrogen) atoms. The van der Waals surface area contributed by atoms with E-state index in [0.717, 1.165) is 17.2 Å². The van der Waals surface area contributed by atoms with Gasteiger partial charge in [-0.3, -0.25) is 4.79 Å². The van der Waals surface area contributed by atoms with Crippen LogP contribution in [0.3, 0.4) is 0 Å². The number of hydrogen-bond donors (Lipinski definition) is 2. The van der Waals surface area contributed by atoms with Crippen LogP contribution in [-0.2, 0) is 19.6 Å². The van der Waals surface area contributed by atoms with Gasteiger partial charge in [0.25, 0.3) is 5.91 Å². The number of amides is 1. The molecule has 0 unspecified atom stereocenters. The second kappa shape index (κ2) is 7.86. The molecular weight excluding hydrogens is 380 g/mol. The van der Waals surface area contributed by atoms with E-state index in [9.17, 15) is 18.0 Å². The van der Waals surface area contributed by atoms with E-state index < -0.39 is 33.4 Å². The van der Waals surface area contributed by atoms with Gasteiger partial charge in [-0.1, -0.05) is 23.7 Å². The number of carbonyl (C=O) groups excluding carboxylic acids is 2. The van der Waals surface area contributed by atoms with Crippen LogP contribution in [0.1, 0.15) is 21.5 Å². The summed E-state index contributed by atoms with van der Waals surface area (Å²) in [5, 5.41) is 7.57. The third-order valence-electron chi connectivity index (χ3n) is 3.69. The van der Waals surface area contributed by atoms with E-state index in [1.165, 1.54) is 12.1 Å². The minimum atomic E-state index is -4.09. The van der Waals surface area contributed by atoms with Gasteiger partial charge < -0.3 is 10.1 Å². The predicted molar refractivity (Wildman–Crippen MR) is 97.7 cm³/mol. The van der Waals surface area contributed by atoms with Gasteiger partial charge in [-0.2, -0.15) is 0 Å². The molecule has 0 radical (unpaired) electrons. The summed E-state index contributed by atoms with van der Waals surface area (Å²) in [6, 6.07) is 8.94. The van der Waals surface area contributed by atoms with E-state index in [1.807, 2.05) is 19.9 Å². The molecule has 0 saturated carbocycles. The molecular formula is C17H17ClN2O5S. The second-order valence-corrected chi connectivity index (χ2v) is 7.50. The van der Waals surface area contributed by atoms with Crippen molar-refractivity contribution in [1.29, 1.82) is 0 Å². The van der Waals surface area contributed by atoms with Gasteiger partial charge >= 0.3 is 5.97 Å². The van der Waals surface area contributed by atoms with Crippen LogP contribution in [-0.4, -0.2) is 26.9 Å². The number of carbonyl (C=O) groups is 2. The molecule has 0 heterocycles. The number of aryl methyl sites for hydroxylation is 1. The topological polar surface area (TPSA) is 116 Å². The Kier molecular flexibility index (Phi) is 6.01. The number of anilines is 1. The summed E-state index contributed by atoms with van der Waals surface area (Å²) in [5.74, 6) is -1.39. The summed E-state index contributed by atoms with van der Waals surface area (Å²) >= 11 is 5.76. The summed E-state index contributed by atoms with van der Waals surface area (Å²) in [6.45, 7) is 3.24. The van der Waals surface area contributed by atoms with Crippen molar-refractivity contribution < 1.29 is 22.7 Å². The largest absolute Gasteiger partial charge is 0.452 e. The lowest BCUT2D eigenvalue weighted by molar-refractivity contribution is -0.119. The van der Waals surface area contributed by atoms with Crippen LogP contribution in [0.5, 0.6) is 0 Å². The van der Waals surface area contributed by atoms with Gasteiger partial charge in [0, 0.05) is 5.69 Å². The van der Waals surface area contributed by atoms with Crippen molar-refractivity contribution in [3.8, 4) is 0 Å². The molecule has 0 aliphatic heterocycles. The zero-order valence-corrected chi connectivity index (χ0v) is 15.6. The minimum Gasteiger partial charge on any atom is -0.452 e. The van der Waals surface area contributed by atoms with Crippen molar-refractivity contribution in [2.75, 3.05) is 11.9 Å². The molecule has 7 nitrogen and oxygen atoms in total. The fraction of sp³-hybridized carbons (Fsp3) is 0.176. The maximum Gasteiger partial charge on any atom is 0.338 e. The summed E-state index contributed by atoms with van der Waals surface area (Å²) in [4.78, 5) is 23.6. The quantitative estimate of drug-likeness (QED) is 0.753. The van der Waals surface area contributed by atoms with Gasteiger partial charge in [0.1, 0.15) is 4.90 Å². The van der Waals surface area contributed by atoms with E-state index in [2.05, 4.69) is 5.32 Å². The van der Waals surface area contributed by atoms with Crippen molar-refractivity contribution in [3.05, 3.63) is 58.1 Å². The highest BCUT2D eigenvalue weighted by molar-refractivity contribution is 7.89. The lowest BCUT2D eigenvalue weighted by atomic mass is 10.1. The van der Waals surface area contributed by atoms with Gasteiger partial charge in [-0.05, 0) is 49.2 Å². The standard InChI is InChI=1S/C17H17ClN2O5S/c1-10-4-3-5-14(11(10)2)20-16(21)9-25-17(22)12-6-7-13(18)15(8-12)26(19,23)24/h3-8H,9H2,1-2H3,(H,20,21)(H2,19,23,24). The molecule has 3 N–H and O–H groups in total. The van der Waals surface area contributed by atoms with E-state index in [0.29, 0.717) is 5.69 Å². The van der Waals surface area contributed by atoms with Crippen LogP contribution in [0.15, 0.2) is 41.3 Å². The molecule has 0 aromatic heterocycles. The number of ether oxygens (including phenoxy) is 1. The first-order chi connectivity index (χ1) is 12.1. The third kappa shape index (κ3) is 4.81. The molecule has 1 amide bonds. The van der Waals surface area contributed by atoms with E-state index in [1.54, 1.807) is 12.1 Å². The van der Waals surface area contributed by atoms with E-state index in [4.69, 9.17) is 21.5 Å².